The fourth-order valence-electron chi connectivity index (χ4n) is 5.98. The Morgan fingerprint density at radius 2 is 1.05 bits per heavy atom. The lowest BCUT2D eigenvalue weighted by atomic mass is 9.99. The van der Waals surface area contributed by atoms with Gasteiger partial charge in [-0.25, -0.2) is 4.79 Å². The van der Waals surface area contributed by atoms with Crippen LogP contribution in [0.2, 0.25) is 0 Å². The zero-order valence-corrected chi connectivity index (χ0v) is 34.4. The highest BCUT2D eigenvalue weighted by molar-refractivity contribution is 5.73. The molecule has 1 saturated heterocycles. The number of hydrogen-bond donors (Lipinski definition) is 4. The minimum Gasteiger partial charge on any atom is -0.479 e. The Kier molecular flexibility index (Phi) is 31.9. The highest BCUT2D eigenvalue weighted by atomic mass is 16.7. The number of carbonyl (C=O) groups excluding carboxylic acids is 2. The molecule has 320 valence electrons. The molecular weight excluding hydrogens is 716 g/mol. The number of aliphatic carboxylic acids is 1. The van der Waals surface area contributed by atoms with Crippen LogP contribution in [0.5, 0.6) is 0 Å². The summed E-state index contributed by atoms with van der Waals surface area (Å²) in [7, 11) is 0. The summed E-state index contributed by atoms with van der Waals surface area (Å²) in [4.78, 5) is 36.7. The van der Waals surface area contributed by atoms with Crippen LogP contribution in [-0.2, 0) is 33.3 Å². The van der Waals surface area contributed by atoms with Crippen LogP contribution in [0, 0.1) is 0 Å². The van der Waals surface area contributed by atoms with E-state index in [2.05, 4.69) is 74.6 Å². The van der Waals surface area contributed by atoms with Gasteiger partial charge in [0.25, 0.3) is 0 Å². The summed E-state index contributed by atoms with van der Waals surface area (Å²) < 4.78 is 21.7. The van der Waals surface area contributed by atoms with Gasteiger partial charge in [0.1, 0.15) is 24.9 Å². The highest BCUT2D eigenvalue weighted by Gasteiger charge is 2.47. The standard InChI is InChI=1S/C45H74O11/c1-3-5-7-9-11-13-15-17-18-19-20-22-24-26-28-30-32-34-39(47)55-37(36-54-45-42(50)40(48)41(49)43(56-45)44(51)52)35-53-38(46)33-31-29-27-25-23-21-16-14-12-10-8-6-4-2/h6,8,11-14,17-18,21,23,37,40-43,45,48-50H,3-5,7,9-10,15-16,19-20,22,24-36H2,1-2H3,(H,51,52)/b8-6-,13-11-,14-12-,18-17-,23-21-. The molecule has 0 saturated carbocycles. The van der Waals surface area contributed by atoms with Crippen LogP contribution >= 0.6 is 0 Å². The largest absolute Gasteiger partial charge is 0.479 e. The van der Waals surface area contributed by atoms with Gasteiger partial charge in [-0.1, -0.05) is 126 Å². The van der Waals surface area contributed by atoms with Gasteiger partial charge in [0.05, 0.1) is 6.61 Å². The van der Waals surface area contributed by atoms with Gasteiger partial charge in [0, 0.05) is 12.8 Å². The van der Waals surface area contributed by atoms with E-state index < -0.39 is 61.3 Å². The second kappa shape index (κ2) is 35.1. The van der Waals surface area contributed by atoms with E-state index in [4.69, 9.17) is 18.9 Å². The van der Waals surface area contributed by atoms with E-state index in [1.807, 2.05) is 0 Å². The zero-order chi connectivity index (χ0) is 41.1. The first kappa shape index (κ1) is 50.9. The van der Waals surface area contributed by atoms with E-state index in [0.717, 1.165) is 77.0 Å². The number of hydrogen-bond acceptors (Lipinski definition) is 10. The van der Waals surface area contributed by atoms with Crippen molar-refractivity contribution < 1.29 is 53.8 Å². The molecule has 1 rings (SSSR count). The van der Waals surface area contributed by atoms with Crippen LogP contribution in [-0.4, -0.2) is 88.4 Å². The average Bonchev–Trinajstić information content (AvgIpc) is 3.18. The molecule has 0 amide bonds. The van der Waals surface area contributed by atoms with Crippen LogP contribution in [0.1, 0.15) is 155 Å². The van der Waals surface area contributed by atoms with E-state index in [9.17, 15) is 34.8 Å². The van der Waals surface area contributed by atoms with Crippen molar-refractivity contribution >= 4 is 17.9 Å². The number of carbonyl (C=O) groups is 3. The second-order valence-electron chi connectivity index (χ2n) is 14.4. The smallest absolute Gasteiger partial charge is 0.335 e. The molecule has 0 radical (unpaired) electrons. The van der Waals surface area contributed by atoms with Crippen molar-refractivity contribution in [3.05, 3.63) is 60.8 Å². The van der Waals surface area contributed by atoms with Crippen LogP contribution in [0.3, 0.4) is 0 Å². The normalized spacial score (nSPS) is 20.9. The fourth-order valence-corrected chi connectivity index (χ4v) is 5.98. The van der Waals surface area contributed by atoms with Crippen molar-refractivity contribution in [1.29, 1.82) is 0 Å². The third-order valence-corrected chi connectivity index (χ3v) is 9.35. The van der Waals surface area contributed by atoms with Crippen molar-refractivity contribution in [2.75, 3.05) is 13.2 Å². The Morgan fingerprint density at radius 1 is 0.571 bits per heavy atom. The quantitative estimate of drug-likeness (QED) is 0.0279. The molecule has 11 heteroatoms. The summed E-state index contributed by atoms with van der Waals surface area (Å²) in [5.74, 6) is -2.50. The second-order valence-corrected chi connectivity index (χ2v) is 14.4. The Labute approximate surface area is 336 Å². The van der Waals surface area contributed by atoms with Crippen molar-refractivity contribution in [2.45, 2.75) is 192 Å². The van der Waals surface area contributed by atoms with Crippen molar-refractivity contribution in [2.24, 2.45) is 0 Å². The minimum absolute atomic E-state index is 0.165. The van der Waals surface area contributed by atoms with Crippen molar-refractivity contribution in [1.82, 2.24) is 0 Å². The summed E-state index contributed by atoms with van der Waals surface area (Å²) in [6.45, 7) is 3.62. The number of aliphatic hydroxyl groups is 3. The van der Waals surface area contributed by atoms with E-state index in [0.29, 0.717) is 12.8 Å². The number of rotatable bonds is 34. The lowest BCUT2D eigenvalue weighted by molar-refractivity contribution is -0.298. The average molecular weight is 791 g/mol. The number of esters is 2. The van der Waals surface area contributed by atoms with Crippen LogP contribution in [0.4, 0.5) is 0 Å². The van der Waals surface area contributed by atoms with Crippen LogP contribution in [0.25, 0.3) is 0 Å². The molecule has 0 aliphatic carbocycles. The molecule has 56 heavy (non-hydrogen) atoms. The molecule has 11 nitrogen and oxygen atoms in total. The molecule has 0 spiro atoms. The van der Waals surface area contributed by atoms with Crippen molar-refractivity contribution in [3.63, 3.8) is 0 Å². The zero-order valence-electron chi connectivity index (χ0n) is 34.4. The molecule has 1 heterocycles. The summed E-state index contributed by atoms with van der Waals surface area (Å²) in [5.41, 5.74) is 0. The molecular formula is C45H74O11. The Bertz CT molecular complexity index is 1160. The summed E-state index contributed by atoms with van der Waals surface area (Å²) in [5, 5.41) is 39.7. The number of aliphatic hydroxyl groups excluding tert-OH is 3. The number of allylic oxidation sites excluding steroid dienone is 10. The van der Waals surface area contributed by atoms with Gasteiger partial charge in [0.15, 0.2) is 18.5 Å². The van der Waals surface area contributed by atoms with E-state index in [1.54, 1.807) is 0 Å². The summed E-state index contributed by atoms with van der Waals surface area (Å²) in [6.07, 6.45) is 32.7. The number of carboxylic acids is 1. The molecule has 1 fully saturated rings. The molecule has 6 atom stereocenters. The molecule has 0 aromatic heterocycles. The maximum atomic E-state index is 12.7. The third-order valence-electron chi connectivity index (χ3n) is 9.35. The maximum Gasteiger partial charge on any atom is 0.335 e. The Balaban J connectivity index is 2.42. The molecule has 1 aliphatic heterocycles. The monoisotopic (exact) mass is 791 g/mol. The van der Waals surface area contributed by atoms with Gasteiger partial charge < -0.3 is 39.4 Å². The minimum atomic E-state index is -1.87. The van der Waals surface area contributed by atoms with Gasteiger partial charge in [-0.2, -0.15) is 0 Å². The van der Waals surface area contributed by atoms with Crippen LogP contribution < -0.4 is 0 Å². The van der Waals surface area contributed by atoms with E-state index in [1.165, 1.54) is 38.5 Å². The number of unbranched alkanes of at least 4 members (excludes halogenated alkanes) is 13. The van der Waals surface area contributed by atoms with Crippen molar-refractivity contribution in [3.8, 4) is 0 Å². The lowest BCUT2D eigenvalue weighted by Gasteiger charge is -2.38. The predicted octanol–water partition coefficient (Wildman–Crippen LogP) is 8.75. The lowest BCUT2D eigenvalue weighted by Crippen LogP contribution is -2.60. The first-order chi connectivity index (χ1) is 27.2. The Hall–Kier alpha value is -3.09. The van der Waals surface area contributed by atoms with Gasteiger partial charge in [-0.15, -0.1) is 0 Å². The molecule has 1 aliphatic rings. The van der Waals surface area contributed by atoms with Gasteiger partial charge in [0.2, 0.25) is 0 Å². The predicted molar refractivity (Wildman–Crippen MR) is 220 cm³/mol. The SMILES string of the molecule is CC/C=C\C/C=C\C/C=C\CCCCCC(=O)OCC(COC1OC(C(=O)O)C(O)C(O)C1O)OC(=O)CCCCCCCCC/C=C\C/C=C\CCCCC. The molecule has 0 bridgehead atoms. The van der Waals surface area contributed by atoms with E-state index >= 15 is 0 Å². The topological polar surface area (TPSA) is 169 Å². The molecule has 0 aromatic carbocycles. The molecule has 4 N–H and O–H groups in total. The highest BCUT2D eigenvalue weighted by Crippen LogP contribution is 2.23. The summed E-state index contributed by atoms with van der Waals surface area (Å²) >= 11 is 0. The van der Waals surface area contributed by atoms with E-state index in [-0.39, 0.29) is 19.4 Å². The van der Waals surface area contributed by atoms with Crippen LogP contribution in [0.15, 0.2) is 60.8 Å². The fraction of sp³-hybridized carbons (Fsp3) is 0.711. The number of ether oxygens (including phenoxy) is 4. The first-order valence-electron chi connectivity index (χ1n) is 21.3. The third kappa shape index (κ3) is 26.7. The van der Waals surface area contributed by atoms with Gasteiger partial charge in [-0.05, 0) is 77.0 Å². The first-order valence-corrected chi connectivity index (χ1v) is 21.3. The summed E-state index contributed by atoms with van der Waals surface area (Å²) in [6, 6.07) is 0. The Morgan fingerprint density at radius 3 is 1.61 bits per heavy atom. The number of carboxylic acid groups (broad SMARTS) is 1. The molecule has 0 aromatic rings. The van der Waals surface area contributed by atoms with Gasteiger partial charge >= 0.3 is 17.9 Å². The van der Waals surface area contributed by atoms with Gasteiger partial charge in [-0.3, -0.25) is 9.59 Å². The molecule has 6 unspecified atom stereocenters. The maximum absolute atomic E-state index is 12.7.